The van der Waals surface area contributed by atoms with Gasteiger partial charge in [0.25, 0.3) is 0 Å². The summed E-state index contributed by atoms with van der Waals surface area (Å²) in [6, 6.07) is 3.86. The van der Waals surface area contributed by atoms with E-state index in [1.54, 1.807) is 11.2 Å². The molecule has 0 saturated carbocycles. The summed E-state index contributed by atoms with van der Waals surface area (Å²) in [5.74, 6) is -0.403. The van der Waals surface area contributed by atoms with E-state index in [-0.39, 0.29) is 10.3 Å². The molecule has 2 saturated heterocycles. The Balaban J connectivity index is 1.89. The lowest BCUT2D eigenvalue weighted by Crippen LogP contribution is -2.33. The molecular weight excluding hydrogens is 279 g/mol. The molecule has 6 heteroatoms. The molecule has 0 bridgehead atoms. The normalized spacial score (nSPS) is 27.5. The third-order valence-corrected chi connectivity index (χ3v) is 6.50. The quantitative estimate of drug-likeness (QED) is 0.900. The molecule has 0 radical (unpaired) electrons. The highest BCUT2D eigenvalue weighted by atomic mass is 32.2. The van der Waals surface area contributed by atoms with Crippen molar-refractivity contribution in [3.8, 4) is 0 Å². The van der Waals surface area contributed by atoms with Crippen LogP contribution >= 0.6 is 0 Å². The van der Waals surface area contributed by atoms with Crippen LogP contribution in [0.4, 0.5) is 4.39 Å². The van der Waals surface area contributed by atoms with Crippen LogP contribution in [0, 0.1) is 18.2 Å². The number of benzene rings is 1. The molecule has 110 valence electrons. The van der Waals surface area contributed by atoms with Crippen molar-refractivity contribution in [1.82, 2.24) is 9.62 Å². The van der Waals surface area contributed by atoms with Crippen LogP contribution in [0.5, 0.6) is 0 Å². The van der Waals surface area contributed by atoms with E-state index in [4.69, 9.17) is 0 Å². The molecule has 20 heavy (non-hydrogen) atoms. The highest BCUT2D eigenvalue weighted by Gasteiger charge is 2.44. The SMILES string of the molecule is Cc1cc(F)ccc1S(=O)(=O)N1CCC2(CCNC2)C1. The molecule has 0 amide bonds. The first kappa shape index (κ1) is 14.0. The molecule has 3 rings (SSSR count). The number of hydrogen-bond donors (Lipinski definition) is 1. The topological polar surface area (TPSA) is 49.4 Å². The Hall–Kier alpha value is -0.980. The Morgan fingerprint density at radius 3 is 2.80 bits per heavy atom. The maximum absolute atomic E-state index is 13.1. The molecular formula is C14H19FN2O2S. The third kappa shape index (κ3) is 2.25. The summed E-state index contributed by atoms with van der Waals surface area (Å²) < 4.78 is 40.1. The van der Waals surface area contributed by atoms with Gasteiger partial charge in [-0.25, -0.2) is 12.8 Å². The van der Waals surface area contributed by atoms with Crippen LogP contribution in [0.3, 0.4) is 0 Å². The van der Waals surface area contributed by atoms with Crippen molar-refractivity contribution < 1.29 is 12.8 Å². The summed E-state index contributed by atoms with van der Waals surface area (Å²) >= 11 is 0. The second-order valence-corrected chi connectivity index (χ2v) is 7.83. The second kappa shape index (κ2) is 4.79. The monoisotopic (exact) mass is 298 g/mol. The van der Waals surface area contributed by atoms with Gasteiger partial charge >= 0.3 is 0 Å². The highest BCUT2D eigenvalue weighted by molar-refractivity contribution is 7.89. The van der Waals surface area contributed by atoms with Gasteiger partial charge < -0.3 is 5.32 Å². The van der Waals surface area contributed by atoms with Crippen LogP contribution in [0.2, 0.25) is 0 Å². The molecule has 2 aliphatic rings. The number of nitrogens with zero attached hydrogens (tertiary/aromatic N) is 1. The average Bonchev–Trinajstić information content (AvgIpc) is 3.00. The van der Waals surface area contributed by atoms with Crippen molar-refractivity contribution in [2.75, 3.05) is 26.2 Å². The molecule has 4 nitrogen and oxygen atoms in total. The van der Waals surface area contributed by atoms with Gasteiger partial charge in [-0.05, 0) is 55.5 Å². The maximum atomic E-state index is 13.1. The van der Waals surface area contributed by atoms with Gasteiger partial charge in [-0.1, -0.05) is 0 Å². The first-order valence-corrected chi connectivity index (χ1v) is 8.34. The number of hydrogen-bond acceptors (Lipinski definition) is 3. The zero-order valence-electron chi connectivity index (χ0n) is 11.5. The van der Waals surface area contributed by atoms with Gasteiger partial charge in [0.1, 0.15) is 5.82 Å². The average molecular weight is 298 g/mol. The second-order valence-electron chi connectivity index (χ2n) is 5.93. The number of sulfonamides is 1. The first-order valence-electron chi connectivity index (χ1n) is 6.90. The lowest BCUT2D eigenvalue weighted by molar-refractivity contribution is 0.338. The number of aryl methyl sites for hydroxylation is 1. The molecule has 1 aromatic rings. The fourth-order valence-corrected chi connectivity index (χ4v) is 5.04. The van der Waals surface area contributed by atoms with Gasteiger partial charge in [0, 0.05) is 19.6 Å². The molecule has 2 aliphatic heterocycles. The smallest absolute Gasteiger partial charge is 0.243 e. The zero-order valence-corrected chi connectivity index (χ0v) is 12.3. The summed E-state index contributed by atoms with van der Waals surface area (Å²) in [6.07, 6.45) is 1.93. The summed E-state index contributed by atoms with van der Waals surface area (Å²) in [7, 11) is -3.51. The number of rotatable bonds is 2. The van der Waals surface area contributed by atoms with E-state index in [2.05, 4.69) is 5.32 Å². The summed E-state index contributed by atoms with van der Waals surface area (Å²) in [5.41, 5.74) is 0.566. The van der Waals surface area contributed by atoms with Crippen LogP contribution in [-0.2, 0) is 10.0 Å². The van der Waals surface area contributed by atoms with Gasteiger partial charge in [0.15, 0.2) is 0 Å². The Labute approximate surface area is 119 Å². The molecule has 0 aromatic heterocycles. The Bertz CT molecular complexity index is 624. The molecule has 1 unspecified atom stereocenters. The van der Waals surface area contributed by atoms with Gasteiger partial charge in [0.2, 0.25) is 10.0 Å². The fraction of sp³-hybridized carbons (Fsp3) is 0.571. The Morgan fingerprint density at radius 1 is 1.35 bits per heavy atom. The molecule has 1 spiro atoms. The van der Waals surface area contributed by atoms with Crippen LogP contribution in [0.1, 0.15) is 18.4 Å². The van der Waals surface area contributed by atoms with Gasteiger partial charge in [-0.3, -0.25) is 0 Å². The fourth-order valence-electron chi connectivity index (χ4n) is 3.28. The summed E-state index contributed by atoms with van der Waals surface area (Å²) in [4.78, 5) is 0.224. The van der Waals surface area contributed by atoms with Crippen molar-refractivity contribution >= 4 is 10.0 Å². The van der Waals surface area contributed by atoms with E-state index < -0.39 is 15.8 Å². The minimum atomic E-state index is -3.51. The Kier molecular flexibility index (Phi) is 3.35. The lowest BCUT2D eigenvalue weighted by atomic mass is 9.87. The number of halogens is 1. The molecule has 0 aliphatic carbocycles. The van der Waals surface area contributed by atoms with Crippen LogP contribution in [0.15, 0.2) is 23.1 Å². The van der Waals surface area contributed by atoms with Gasteiger partial charge in [-0.15, -0.1) is 0 Å². The van der Waals surface area contributed by atoms with Crippen molar-refractivity contribution in [3.63, 3.8) is 0 Å². The number of nitrogens with one attached hydrogen (secondary N) is 1. The van der Waals surface area contributed by atoms with Crippen LogP contribution in [0.25, 0.3) is 0 Å². The van der Waals surface area contributed by atoms with Gasteiger partial charge in [0.05, 0.1) is 4.90 Å². The summed E-state index contributed by atoms with van der Waals surface area (Å²) in [6.45, 7) is 4.61. The predicted molar refractivity (Wildman–Crippen MR) is 74.4 cm³/mol. The standard InChI is InChI=1S/C14H19FN2O2S/c1-11-8-12(15)2-3-13(11)20(18,19)17-7-5-14(10-17)4-6-16-9-14/h2-3,8,16H,4-7,9-10H2,1H3. The molecule has 1 atom stereocenters. The third-order valence-electron chi connectivity index (χ3n) is 4.49. The molecule has 2 heterocycles. The zero-order chi connectivity index (χ0) is 14.4. The van der Waals surface area contributed by atoms with Crippen molar-refractivity contribution in [1.29, 1.82) is 0 Å². The van der Waals surface area contributed by atoms with Crippen LogP contribution < -0.4 is 5.32 Å². The first-order chi connectivity index (χ1) is 9.43. The largest absolute Gasteiger partial charge is 0.316 e. The predicted octanol–water partition coefficient (Wildman–Crippen LogP) is 1.51. The van der Waals surface area contributed by atoms with E-state index >= 15 is 0 Å². The lowest BCUT2D eigenvalue weighted by Gasteiger charge is -2.23. The van der Waals surface area contributed by atoms with E-state index in [9.17, 15) is 12.8 Å². The van der Waals surface area contributed by atoms with Crippen molar-refractivity contribution in [2.24, 2.45) is 5.41 Å². The van der Waals surface area contributed by atoms with Crippen molar-refractivity contribution in [2.45, 2.75) is 24.7 Å². The molecule has 1 aromatic carbocycles. The van der Waals surface area contributed by atoms with Crippen molar-refractivity contribution in [3.05, 3.63) is 29.6 Å². The van der Waals surface area contributed by atoms with E-state index in [1.165, 1.54) is 18.2 Å². The van der Waals surface area contributed by atoms with Crippen LogP contribution in [-0.4, -0.2) is 38.9 Å². The minimum absolute atomic E-state index is 0.0982. The molecule has 2 fully saturated rings. The minimum Gasteiger partial charge on any atom is -0.316 e. The molecule has 1 N–H and O–H groups in total. The summed E-state index contributed by atoms with van der Waals surface area (Å²) in [5, 5.41) is 3.31. The van der Waals surface area contributed by atoms with Gasteiger partial charge in [-0.2, -0.15) is 4.31 Å². The van der Waals surface area contributed by atoms with E-state index in [0.717, 1.165) is 25.9 Å². The highest BCUT2D eigenvalue weighted by Crippen LogP contribution is 2.38. The maximum Gasteiger partial charge on any atom is 0.243 e. The Morgan fingerprint density at radius 2 is 2.15 bits per heavy atom. The van der Waals surface area contributed by atoms with E-state index in [0.29, 0.717) is 18.7 Å². The van der Waals surface area contributed by atoms with E-state index in [1.807, 2.05) is 0 Å².